The van der Waals surface area contributed by atoms with Gasteiger partial charge in [0.1, 0.15) is 11.9 Å². The van der Waals surface area contributed by atoms with Crippen molar-refractivity contribution in [1.29, 1.82) is 10.5 Å². The van der Waals surface area contributed by atoms with Gasteiger partial charge < -0.3 is 5.32 Å². The van der Waals surface area contributed by atoms with Gasteiger partial charge >= 0.3 is 0 Å². The second-order valence-electron chi connectivity index (χ2n) is 5.16. The molecule has 0 aromatic carbocycles. The topological polar surface area (TPSA) is 105 Å². The van der Waals surface area contributed by atoms with Crippen molar-refractivity contribution >= 4 is 11.6 Å². The maximum Gasteiger partial charge on any atom is 0.179 e. The summed E-state index contributed by atoms with van der Waals surface area (Å²) in [6.45, 7) is 3.30. The van der Waals surface area contributed by atoms with Crippen molar-refractivity contribution < 1.29 is 4.79 Å². The van der Waals surface area contributed by atoms with E-state index in [2.05, 4.69) is 21.8 Å². The van der Waals surface area contributed by atoms with Gasteiger partial charge in [-0.15, -0.1) is 0 Å². The maximum absolute atomic E-state index is 11.8. The number of rotatable bonds is 6. The van der Waals surface area contributed by atoms with Crippen LogP contribution in [0.1, 0.15) is 25.3 Å². The van der Waals surface area contributed by atoms with E-state index in [0.29, 0.717) is 37.4 Å². The zero-order valence-electron chi connectivity index (χ0n) is 12.5. The molecule has 1 saturated heterocycles. The Morgan fingerprint density at radius 1 is 1.45 bits per heavy atom. The number of carbonyl (C=O) groups excluding carboxylic acids is 1. The fraction of sp³-hybridized carbons (Fsp3) is 0.467. The minimum absolute atomic E-state index is 0.123. The van der Waals surface area contributed by atoms with Gasteiger partial charge in [-0.3, -0.25) is 10.2 Å². The summed E-state index contributed by atoms with van der Waals surface area (Å²) in [5.41, 5.74) is 2.62. The van der Waals surface area contributed by atoms with Crippen LogP contribution in [0.2, 0.25) is 0 Å². The van der Waals surface area contributed by atoms with Crippen molar-refractivity contribution in [2.75, 3.05) is 25.0 Å². The number of hydrazine groups is 1. The van der Waals surface area contributed by atoms with Crippen molar-refractivity contribution in [3.63, 3.8) is 0 Å². The summed E-state index contributed by atoms with van der Waals surface area (Å²) in [6.07, 6.45) is 2.90. The van der Waals surface area contributed by atoms with E-state index >= 15 is 0 Å². The molecule has 7 heteroatoms. The molecule has 0 bridgehead atoms. The molecular weight excluding hydrogens is 280 g/mol. The maximum atomic E-state index is 11.8. The summed E-state index contributed by atoms with van der Waals surface area (Å²) >= 11 is 0. The average molecular weight is 298 g/mol. The third-order valence-corrected chi connectivity index (χ3v) is 3.77. The Hall–Kier alpha value is -2.48. The van der Waals surface area contributed by atoms with Gasteiger partial charge in [-0.2, -0.15) is 10.5 Å². The number of hydrogen-bond donors (Lipinski definition) is 2. The highest BCUT2D eigenvalue weighted by molar-refractivity contribution is 5.89. The number of nitrogens with zero attached hydrogens (tertiary/aromatic N) is 4. The number of aromatic nitrogens is 1. The Kier molecular flexibility index (Phi) is 5.05. The van der Waals surface area contributed by atoms with Crippen LogP contribution in [0.5, 0.6) is 0 Å². The Balaban J connectivity index is 1.82. The smallest absolute Gasteiger partial charge is 0.179 e. The van der Waals surface area contributed by atoms with E-state index in [9.17, 15) is 10.1 Å². The van der Waals surface area contributed by atoms with Gasteiger partial charge in [0.15, 0.2) is 11.3 Å². The van der Waals surface area contributed by atoms with Gasteiger partial charge in [0.25, 0.3) is 0 Å². The quantitative estimate of drug-likeness (QED) is 0.749. The number of nitriles is 2. The molecule has 0 radical (unpaired) electrons. The van der Waals surface area contributed by atoms with Gasteiger partial charge in [0.05, 0.1) is 11.6 Å². The van der Waals surface area contributed by atoms with E-state index < -0.39 is 5.54 Å². The molecule has 1 unspecified atom stereocenters. The Bertz CT molecular complexity index is 614. The largest absolute Gasteiger partial charge is 0.369 e. The third kappa shape index (κ3) is 3.22. The summed E-state index contributed by atoms with van der Waals surface area (Å²) in [7, 11) is 0. The highest BCUT2D eigenvalue weighted by Crippen LogP contribution is 2.27. The first-order valence-electron chi connectivity index (χ1n) is 7.16. The van der Waals surface area contributed by atoms with Crippen molar-refractivity contribution in [3.8, 4) is 12.1 Å². The lowest BCUT2D eigenvalue weighted by atomic mass is 9.94. The molecular formula is C15H18N6O. The van der Waals surface area contributed by atoms with Gasteiger partial charge in [-0.25, -0.2) is 9.99 Å². The summed E-state index contributed by atoms with van der Waals surface area (Å²) in [6, 6.07) is 7.60. The highest BCUT2D eigenvalue weighted by atomic mass is 16.1. The minimum atomic E-state index is -1.04. The minimum Gasteiger partial charge on any atom is -0.369 e. The first-order chi connectivity index (χ1) is 10.6. The van der Waals surface area contributed by atoms with Gasteiger partial charge in [0, 0.05) is 25.8 Å². The lowest BCUT2D eigenvalue weighted by Crippen LogP contribution is -2.55. The fourth-order valence-corrected chi connectivity index (χ4v) is 2.54. The van der Waals surface area contributed by atoms with E-state index in [1.54, 1.807) is 17.1 Å². The Morgan fingerprint density at radius 3 is 2.86 bits per heavy atom. The molecule has 22 heavy (non-hydrogen) atoms. The van der Waals surface area contributed by atoms with Crippen molar-refractivity contribution in [2.24, 2.45) is 0 Å². The normalized spacial score (nSPS) is 21.0. The lowest BCUT2D eigenvalue weighted by molar-refractivity contribution is -0.125. The van der Waals surface area contributed by atoms with Crippen molar-refractivity contribution in [3.05, 3.63) is 23.9 Å². The number of carbonyl (C=O) groups is 1. The summed E-state index contributed by atoms with van der Waals surface area (Å²) < 4.78 is 0. The van der Waals surface area contributed by atoms with Gasteiger partial charge in [-0.05, 0) is 31.9 Å². The summed E-state index contributed by atoms with van der Waals surface area (Å²) in [5.74, 6) is 0.557. The van der Waals surface area contributed by atoms with Crippen LogP contribution < -0.4 is 10.7 Å². The van der Waals surface area contributed by atoms with Crippen LogP contribution in [-0.2, 0) is 4.79 Å². The molecule has 114 valence electrons. The molecule has 0 spiro atoms. The number of ketones is 1. The molecule has 0 amide bonds. The van der Waals surface area contributed by atoms with E-state index in [-0.39, 0.29) is 5.78 Å². The number of pyridine rings is 1. The van der Waals surface area contributed by atoms with Gasteiger partial charge in [-0.1, -0.05) is 0 Å². The van der Waals surface area contributed by atoms with E-state index in [4.69, 9.17) is 5.26 Å². The molecule has 0 saturated carbocycles. The average Bonchev–Trinajstić information content (AvgIpc) is 2.96. The predicted octanol–water partition coefficient (Wildman–Crippen LogP) is 0.817. The van der Waals surface area contributed by atoms with Crippen LogP contribution in [0, 0.1) is 22.7 Å². The van der Waals surface area contributed by atoms with Crippen molar-refractivity contribution in [2.45, 2.75) is 25.3 Å². The molecule has 2 heterocycles. The summed E-state index contributed by atoms with van der Waals surface area (Å²) in [5, 5.41) is 22.9. The molecule has 7 nitrogen and oxygen atoms in total. The van der Waals surface area contributed by atoms with Crippen LogP contribution >= 0.6 is 0 Å². The van der Waals surface area contributed by atoms with Crippen LogP contribution in [0.25, 0.3) is 0 Å². The molecule has 0 aliphatic carbocycles. The van der Waals surface area contributed by atoms with E-state index in [1.807, 2.05) is 6.07 Å². The fourth-order valence-electron chi connectivity index (χ4n) is 2.54. The van der Waals surface area contributed by atoms with Crippen molar-refractivity contribution in [1.82, 2.24) is 15.4 Å². The molecule has 1 aliphatic rings. The highest BCUT2D eigenvalue weighted by Gasteiger charge is 2.45. The first kappa shape index (κ1) is 15.9. The van der Waals surface area contributed by atoms with Crippen LogP contribution in [0.4, 0.5) is 5.82 Å². The monoisotopic (exact) mass is 298 g/mol. The standard InChI is InChI=1S/C15H18N6O/c1-12(22)15(11-17)5-2-8-21(15)20-7-6-18-14-4-3-13(9-16)10-19-14/h3-4,10,20H,2,5-8H2,1H3,(H,18,19). The molecule has 1 aromatic heterocycles. The van der Waals surface area contributed by atoms with Crippen LogP contribution in [-0.4, -0.2) is 40.9 Å². The molecule has 1 atom stereocenters. The van der Waals surface area contributed by atoms with E-state index in [0.717, 1.165) is 6.42 Å². The molecule has 2 N–H and O–H groups in total. The molecule has 1 fully saturated rings. The van der Waals surface area contributed by atoms with E-state index in [1.165, 1.54) is 13.1 Å². The zero-order chi connectivity index (χ0) is 16.0. The third-order valence-electron chi connectivity index (χ3n) is 3.77. The molecule has 1 aliphatic heterocycles. The lowest BCUT2D eigenvalue weighted by Gasteiger charge is -2.30. The zero-order valence-corrected chi connectivity index (χ0v) is 12.5. The second kappa shape index (κ2) is 6.99. The summed E-state index contributed by atoms with van der Waals surface area (Å²) in [4.78, 5) is 15.9. The molecule has 2 rings (SSSR count). The second-order valence-corrected chi connectivity index (χ2v) is 5.16. The number of Topliss-reactive ketones (excluding diaryl/α,β-unsaturated/α-hetero) is 1. The SMILES string of the molecule is CC(=O)C1(C#N)CCCN1NCCNc1ccc(C#N)cn1. The number of anilines is 1. The Morgan fingerprint density at radius 2 is 2.27 bits per heavy atom. The van der Waals surface area contributed by atoms with Crippen LogP contribution in [0.15, 0.2) is 18.3 Å². The predicted molar refractivity (Wildman–Crippen MR) is 80.4 cm³/mol. The first-order valence-corrected chi connectivity index (χ1v) is 7.16. The molecule has 1 aromatic rings. The van der Waals surface area contributed by atoms with Gasteiger partial charge in [0.2, 0.25) is 0 Å². The van der Waals surface area contributed by atoms with Crippen LogP contribution in [0.3, 0.4) is 0 Å². The Labute approximate surface area is 129 Å². The number of nitrogens with one attached hydrogen (secondary N) is 2. The number of hydrogen-bond acceptors (Lipinski definition) is 7.